The van der Waals surface area contributed by atoms with Crippen molar-refractivity contribution in [1.29, 1.82) is 0 Å². The van der Waals surface area contributed by atoms with Gasteiger partial charge in [-0.05, 0) is 37.6 Å². The van der Waals surface area contributed by atoms with Crippen LogP contribution in [0.4, 0.5) is 5.69 Å². The van der Waals surface area contributed by atoms with E-state index in [0.717, 1.165) is 21.7 Å². The van der Waals surface area contributed by atoms with Gasteiger partial charge < -0.3 is 9.64 Å². The second kappa shape index (κ2) is 8.84. The van der Waals surface area contributed by atoms with Crippen LogP contribution in [0.2, 0.25) is 5.02 Å². The Hall–Kier alpha value is -2.25. The standard InChI is InChI=1S/C20H25ClN2O4S/c1-14-6-8-16(9-7-14)13-22(3)20(24)15(2)23(28(5,25)26)17-10-11-19(27-4)18(21)12-17/h6-12,15H,13H2,1-5H3/t15-/m0/s1. The van der Waals surface area contributed by atoms with E-state index in [1.807, 2.05) is 31.2 Å². The van der Waals surface area contributed by atoms with E-state index in [-0.39, 0.29) is 10.9 Å². The molecule has 1 amide bonds. The molecule has 0 aromatic heterocycles. The number of rotatable bonds is 7. The number of likely N-dealkylation sites (N-methyl/N-ethyl adjacent to an activating group) is 1. The maximum atomic E-state index is 12.9. The molecule has 0 heterocycles. The lowest BCUT2D eigenvalue weighted by atomic mass is 10.1. The minimum atomic E-state index is -3.72. The molecule has 0 spiro atoms. The first-order valence-corrected chi connectivity index (χ1v) is 10.9. The van der Waals surface area contributed by atoms with E-state index in [2.05, 4.69) is 0 Å². The molecule has 0 N–H and O–H groups in total. The fourth-order valence-corrected chi connectivity index (χ4v) is 4.37. The Kier molecular flexibility index (Phi) is 6.96. The molecular weight excluding hydrogens is 400 g/mol. The zero-order valence-corrected chi connectivity index (χ0v) is 18.2. The summed E-state index contributed by atoms with van der Waals surface area (Å²) in [4.78, 5) is 14.5. The van der Waals surface area contributed by atoms with Gasteiger partial charge in [0.05, 0.1) is 24.1 Å². The molecule has 0 radical (unpaired) electrons. The molecular formula is C20H25ClN2O4S. The third kappa shape index (κ3) is 5.17. The first-order chi connectivity index (χ1) is 13.0. The molecule has 152 valence electrons. The van der Waals surface area contributed by atoms with Gasteiger partial charge in [0.15, 0.2) is 0 Å². The highest BCUT2D eigenvalue weighted by Gasteiger charge is 2.31. The monoisotopic (exact) mass is 424 g/mol. The maximum Gasteiger partial charge on any atom is 0.246 e. The number of nitrogens with zero attached hydrogens (tertiary/aromatic N) is 2. The van der Waals surface area contributed by atoms with E-state index in [9.17, 15) is 13.2 Å². The van der Waals surface area contributed by atoms with Gasteiger partial charge in [-0.3, -0.25) is 9.10 Å². The summed E-state index contributed by atoms with van der Waals surface area (Å²) in [6.45, 7) is 3.93. The van der Waals surface area contributed by atoms with Crippen molar-refractivity contribution in [3.63, 3.8) is 0 Å². The summed E-state index contributed by atoms with van der Waals surface area (Å²) < 4.78 is 31.1. The molecule has 0 unspecified atom stereocenters. The van der Waals surface area contributed by atoms with Crippen molar-refractivity contribution < 1.29 is 17.9 Å². The lowest BCUT2D eigenvalue weighted by Gasteiger charge is -2.31. The predicted molar refractivity (Wildman–Crippen MR) is 112 cm³/mol. The fraction of sp³-hybridized carbons (Fsp3) is 0.350. The van der Waals surface area contributed by atoms with Crippen molar-refractivity contribution in [3.8, 4) is 5.75 Å². The lowest BCUT2D eigenvalue weighted by Crippen LogP contribution is -2.48. The molecule has 28 heavy (non-hydrogen) atoms. The number of carbonyl (C=O) groups excluding carboxylic acids is 1. The number of methoxy groups -OCH3 is 1. The largest absolute Gasteiger partial charge is 0.495 e. The normalized spacial score (nSPS) is 12.4. The molecule has 2 aromatic carbocycles. The van der Waals surface area contributed by atoms with Crippen LogP contribution in [-0.2, 0) is 21.4 Å². The van der Waals surface area contributed by atoms with Crippen LogP contribution >= 0.6 is 11.6 Å². The summed E-state index contributed by atoms with van der Waals surface area (Å²) in [6, 6.07) is 11.5. The number of hydrogen-bond acceptors (Lipinski definition) is 4. The SMILES string of the molecule is COc1ccc(N([C@@H](C)C(=O)N(C)Cc2ccc(C)cc2)S(C)(=O)=O)cc1Cl. The Labute approximate surface area is 171 Å². The minimum Gasteiger partial charge on any atom is -0.495 e. The average molecular weight is 425 g/mol. The van der Waals surface area contributed by atoms with Crippen LogP contribution in [0.1, 0.15) is 18.1 Å². The van der Waals surface area contributed by atoms with Gasteiger partial charge in [-0.1, -0.05) is 41.4 Å². The van der Waals surface area contributed by atoms with Crippen LogP contribution in [0.5, 0.6) is 5.75 Å². The van der Waals surface area contributed by atoms with Crippen LogP contribution in [0.15, 0.2) is 42.5 Å². The number of carbonyl (C=O) groups is 1. The molecule has 0 bridgehead atoms. The average Bonchev–Trinajstić information content (AvgIpc) is 2.62. The number of hydrogen-bond donors (Lipinski definition) is 0. The summed E-state index contributed by atoms with van der Waals surface area (Å²) in [7, 11) is -0.598. The van der Waals surface area contributed by atoms with Crippen molar-refractivity contribution in [1.82, 2.24) is 4.90 Å². The smallest absolute Gasteiger partial charge is 0.246 e. The van der Waals surface area contributed by atoms with Gasteiger partial charge in [0.2, 0.25) is 15.9 Å². The molecule has 0 aliphatic rings. The second-order valence-electron chi connectivity index (χ2n) is 6.73. The van der Waals surface area contributed by atoms with Crippen molar-refractivity contribution >= 4 is 33.2 Å². The van der Waals surface area contributed by atoms with E-state index in [1.54, 1.807) is 26.1 Å². The Bertz CT molecular complexity index is 945. The van der Waals surface area contributed by atoms with Gasteiger partial charge in [-0.15, -0.1) is 0 Å². The number of ether oxygens (including phenoxy) is 1. The zero-order chi connectivity index (χ0) is 21.1. The molecule has 2 rings (SSSR count). The molecule has 6 nitrogen and oxygen atoms in total. The van der Waals surface area contributed by atoms with E-state index >= 15 is 0 Å². The van der Waals surface area contributed by atoms with E-state index in [0.29, 0.717) is 18.0 Å². The second-order valence-corrected chi connectivity index (χ2v) is 9.00. The topological polar surface area (TPSA) is 66.9 Å². The summed E-state index contributed by atoms with van der Waals surface area (Å²) in [5, 5.41) is 0.265. The third-order valence-corrected chi connectivity index (χ3v) is 5.91. The molecule has 0 fully saturated rings. The Morgan fingerprint density at radius 3 is 2.29 bits per heavy atom. The van der Waals surface area contributed by atoms with Crippen molar-refractivity contribution in [3.05, 3.63) is 58.6 Å². The van der Waals surface area contributed by atoms with Crippen molar-refractivity contribution in [2.24, 2.45) is 0 Å². The predicted octanol–water partition coefficient (Wildman–Crippen LogP) is 3.47. The fourth-order valence-electron chi connectivity index (χ4n) is 2.96. The van der Waals surface area contributed by atoms with Gasteiger partial charge in [-0.25, -0.2) is 8.42 Å². The van der Waals surface area contributed by atoms with Crippen LogP contribution in [0.25, 0.3) is 0 Å². The molecule has 1 atom stereocenters. The van der Waals surface area contributed by atoms with Crippen LogP contribution in [0.3, 0.4) is 0 Å². The van der Waals surface area contributed by atoms with Gasteiger partial charge in [0.25, 0.3) is 0 Å². The van der Waals surface area contributed by atoms with Gasteiger partial charge in [0.1, 0.15) is 11.8 Å². The Morgan fingerprint density at radius 1 is 1.18 bits per heavy atom. The number of halogens is 1. The van der Waals surface area contributed by atoms with Crippen LogP contribution in [-0.4, -0.2) is 45.7 Å². The highest BCUT2D eigenvalue weighted by atomic mass is 35.5. The van der Waals surface area contributed by atoms with Crippen LogP contribution < -0.4 is 9.04 Å². The van der Waals surface area contributed by atoms with Crippen molar-refractivity contribution in [2.45, 2.75) is 26.4 Å². The zero-order valence-electron chi connectivity index (χ0n) is 16.6. The number of sulfonamides is 1. The molecule has 0 aliphatic carbocycles. The Morgan fingerprint density at radius 2 is 1.79 bits per heavy atom. The summed E-state index contributed by atoms with van der Waals surface area (Å²) in [5.41, 5.74) is 2.40. The highest BCUT2D eigenvalue weighted by molar-refractivity contribution is 7.92. The summed E-state index contributed by atoms with van der Waals surface area (Å²) in [5.74, 6) is 0.104. The first-order valence-electron chi connectivity index (χ1n) is 8.68. The Balaban J connectivity index is 2.29. The van der Waals surface area contributed by atoms with E-state index < -0.39 is 16.1 Å². The third-order valence-electron chi connectivity index (χ3n) is 4.37. The molecule has 8 heteroatoms. The number of aryl methyl sites for hydroxylation is 1. The molecule has 0 aliphatic heterocycles. The van der Waals surface area contributed by atoms with E-state index in [1.165, 1.54) is 18.1 Å². The van der Waals surface area contributed by atoms with Gasteiger partial charge in [-0.2, -0.15) is 0 Å². The van der Waals surface area contributed by atoms with E-state index in [4.69, 9.17) is 16.3 Å². The molecule has 0 saturated heterocycles. The molecule has 0 saturated carbocycles. The number of benzene rings is 2. The van der Waals surface area contributed by atoms with Gasteiger partial charge >= 0.3 is 0 Å². The summed E-state index contributed by atoms with van der Waals surface area (Å²) in [6.07, 6.45) is 1.06. The quantitative estimate of drug-likeness (QED) is 0.682. The van der Waals surface area contributed by atoms with Crippen LogP contribution in [0, 0.1) is 6.92 Å². The highest BCUT2D eigenvalue weighted by Crippen LogP contribution is 2.31. The lowest BCUT2D eigenvalue weighted by molar-refractivity contribution is -0.131. The maximum absolute atomic E-state index is 12.9. The first kappa shape index (κ1) is 22.0. The molecule has 2 aromatic rings. The number of anilines is 1. The van der Waals surface area contributed by atoms with Crippen molar-refractivity contribution in [2.75, 3.05) is 24.7 Å². The van der Waals surface area contributed by atoms with Gasteiger partial charge in [0, 0.05) is 13.6 Å². The number of amides is 1. The minimum absolute atomic E-state index is 0.265. The summed E-state index contributed by atoms with van der Waals surface area (Å²) >= 11 is 6.15.